The Morgan fingerprint density at radius 1 is 1.05 bits per heavy atom. The molecule has 19 heavy (non-hydrogen) atoms. The van der Waals surface area contributed by atoms with Crippen LogP contribution in [0.4, 0.5) is 0 Å². The summed E-state index contributed by atoms with van der Waals surface area (Å²) in [6.45, 7) is 1.10. The van der Waals surface area contributed by atoms with Crippen molar-refractivity contribution in [1.82, 2.24) is 0 Å². The fourth-order valence-electron chi connectivity index (χ4n) is 1.13. The molecule has 0 bridgehead atoms. The third kappa shape index (κ3) is 26.2. The molecule has 0 aliphatic heterocycles. The molecule has 1 aromatic carbocycles. The van der Waals surface area contributed by atoms with Crippen molar-refractivity contribution < 1.29 is 32.6 Å². The second-order valence-electron chi connectivity index (χ2n) is 4.48. The van der Waals surface area contributed by atoms with Gasteiger partial charge in [0.05, 0.1) is 21.1 Å². The van der Waals surface area contributed by atoms with Gasteiger partial charge in [-0.05, 0) is 0 Å². The molecule has 0 saturated carbocycles. The normalized spacial score (nSPS) is 9.21. The van der Waals surface area contributed by atoms with E-state index >= 15 is 0 Å². The van der Waals surface area contributed by atoms with Crippen molar-refractivity contribution in [3.8, 4) is 0 Å². The van der Waals surface area contributed by atoms with Gasteiger partial charge in [0.25, 0.3) is 0 Å². The number of quaternary nitrogens is 1. The maximum atomic E-state index is 8.74. The van der Waals surface area contributed by atoms with Gasteiger partial charge < -0.3 is 28.1 Å². The molecule has 0 saturated heterocycles. The summed E-state index contributed by atoms with van der Waals surface area (Å²) < 4.78 is 18.4. The Morgan fingerprint density at radius 2 is 1.37 bits per heavy atom. The van der Waals surface area contributed by atoms with Crippen LogP contribution in [0.5, 0.6) is 0 Å². The fourth-order valence-corrected chi connectivity index (χ4v) is 1.13. The van der Waals surface area contributed by atoms with Crippen molar-refractivity contribution >= 4 is 18.3 Å². The van der Waals surface area contributed by atoms with Crippen molar-refractivity contribution in [3.05, 3.63) is 35.9 Å². The topological polar surface area (TPSA) is 118 Å². The van der Waals surface area contributed by atoms with E-state index in [0.29, 0.717) is 0 Å². The van der Waals surface area contributed by atoms with E-state index in [1.807, 2.05) is 0 Å². The summed E-state index contributed by atoms with van der Waals surface area (Å²) in [6.07, 6.45) is 0. The number of rotatable bonds is 2. The summed E-state index contributed by atoms with van der Waals surface area (Å²) in [4.78, 5) is 30.0. The van der Waals surface area contributed by atoms with Gasteiger partial charge in [0.1, 0.15) is 6.54 Å². The predicted molar refractivity (Wildman–Crippen MR) is 67.7 cm³/mol. The first-order valence-corrected chi connectivity index (χ1v) is 7.77. The minimum Gasteiger partial charge on any atom is -0.604 e. The molecule has 0 amide bonds. The molecule has 0 heterocycles. The van der Waals surface area contributed by atoms with Gasteiger partial charge in [-0.15, -0.1) is 0 Å². The summed E-state index contributed by atoms with van der Waals surface area (Å²) >= 11 is 0. The van der Waals surface area contributed by atoms with E-state index in [4.69, 9.17) is 28.1 Å². The van der Waals surface area contributed by atoms with Crippen molar-refractivity contribution in [3.63, 3.8) is 0 Å². The number of nitrogens with zero attached hydrogens (tertiary/aromatic N) is 1. The highest BCUT2D eigenvalue weighted by Crippen LogP contribution is 2.05. The molecule has 0 unspecified atom stereocenters. The molecule has 7 nitrogen and oxygen atoms in total. The van der Waals surface area contributed by atoms with Crippen molar-refractivity contribution in [2.45, 2.75) is 6.54 Å². The third-order valence-electron chi connectivity index (χ3n) is 1.50. The van der Waals surface area contributed by atoms with Gasteiger partial charge in [-0.1, -0.05) is 30.3 Å². The summed E-state index contributed by atoms with van der Waals surface area (Å²) in [6, 6.07) is 10.6. The zero-order valence-electron chi connectivity index (χ0n) is 11.1. The van der Waals surface area contributed by atoms with Crippen LogP contribution in [0.2, 0.25) is 0 Å². The van der Waals surface area contributed by atoms with E-state index in [9.17, 15) is 0 Å². The Hall–Kier alpha value is -1.59. The molecule has 0 atom stereocenters. The van der Waals surface area contributed by atoms with Crippen LogP contribution in [-0.2, 0) is 15.5 Å². The second-order valence-corrected chi connectivity index (χ2v) is 5.58. The molecular weight excluding hydrogens is 286 g/mol. The lowest BCUT2D eigenvalue weighted by Crippen LogP contribution is -2.33. The van der Waals surface area contributed by atoms with Crippen molar-refractivity contribution in [1.29, 1.82) is 0 Å². The van der Waals surface area contributed by atoms with Crippen LogP contribution in [-0.4, -0.2) is 58.4 Å². The standard InChI is InChI=1S/C10H16N.H2O3Si.HO3Si/c1-11(2,3)9-10-7-5-4-6-8-10;2*1-4(2)3/h4-8H,9H2,1-3H3;1-2H;1H/q+1;;-1. The highest BCUT2D eigenvalue weighted by atomic mass is 28.3. The van der Waals surface area contributed by atoms with Gasteiger partial charge in [-0.3, -0.25) is 4.46 Å². The van der Waals surface area contributed by atoms with E-state index < -0.39 is 18.3 Å². The molecular formula is C10H19NO6Si2. The van der Waals surface area contributed by atoms with Crippen molar-refractivity contribution in [2.24, 2.45) is 0 Å². The van der Waals surface area contributed by atoms with Crippen molar-refractivity contribution in [2.75, 3.05) is 21.1 Å². The molecule has 9 heteroatoms. The Balaban J connectivity index is 0. The van der Waals surface area contributed by atoms with Gasteiger partial charge >= 0.3 is 18.3 Å². The molecule has 0 aliphatic carbocycles. The second kappa shape index (κ2) is 10.3. The molecule has 0 fully saturated rings. The van der Waals surface area contributed by atoms with Gasteiger partial charge in [0.15, 0.2) is 0 Å². The van der Waals surface area contributed by atoms with Crippen LogP contribution in [0, 0.1) is 0 Å². The lowest BCUT2D eigenvalue weighted by atomic mass is 10.2. The van der Waals surface area contributed by atoms with E-state index in [1.165, 1.54) is 5.56 Å². The maximum absolute atomic E-state index is 8.74. The number of benzene rings is 1. The van der Waals surface area contributed by atoms with Crippen LogP contribution >= 0.6 is 0 Å². The zero-order chi connectivity index (χ0) is 15.5. The van der Waals surface area contributed by atoms with Gasteiger partial charge in [0, 0.05) is 5.56 Å². The lowest BCUT2D eigenvalue weighted by molar-refractivity contribution is -0.884. The van der Waals surface area contributed by atoms with E-state index in [2.05, 4.69) is 51.5 Å². The predicted octanol–water partition coefficient (Wildman–Crippen LogP) is -1.97. The van der Waals surface area contributed by atoms with Gasteiger partial charge in [-0.25, -0.2) is 0 Å². The summed E-state index contributed by atoms with van der Waals surface area (Å²) in [5.74, 6) is 0. The average molecular weight is 305 g/mol. The number of hydrogen-bond donors (Lipinski definition) is 3. The Labute approximate surface area is 115 Å². The van der Waals surface area contributed by atoms with Crippen LogP contribution in [0.15, 0.2) is 30.3 Å². The first kappa shape index (κ1) is 19.7. The monoisotopic (exact) mass is 305 g/mol. The third-order valence-corrected chi connectivity index (χ3v) is 1.50. The Kier molecular flexibility index (Phi) is 10.8. The molecule has 3 N–H and O–H groups in total. The molecule has 0 aromatic heterocycles. The van der Waals surface area contributed by atoms with Crippen LogP contribution in [0.3, 0.4) is 0 Å². The molecule has 1 aromatic rings. The molecule has 108 valence electrons. The van der Waals surface area contributed by atoms with E-state index in [-0.39, 0.29) is 0 Å². The smallest absolute Gasteiger partial charge is 0.604 e. The summed E-state index contributed by atoms with van der Waals surface area (Å²) in [7, 11) is 0.0949. The van der Waals surface area contributed by atoms with Gasteiger partial charge in [0.2, 0.25) is 0 Å². The SMILES string of the molecule is C[N+](C)(C)Cc1ccccc1.O=[Si](O)O.O=[Si]([O-])O. The highest BCUT2D eigenvalue weighted by molar-refractivity contribution is 6.22. The average Bonchev–Trinajstić information content (AvgIpc) is 2.14. The molecule has 1 rings (SSSR count). The maximum Gasteiger partial charge on any atom is 0.761 e. The first-order valence-electron chi connectivity index (χ1n) is 5.21. The molecule has 0 spiro atoms. The largest absolute Gasteiger partial charge is 0.761 e. The van der Waals surface area contributed by atoms with E-state index in [1.54, 1.807) is 0 Å². The highest BCUT2D eigenvalue weighted by Gasteiger charge is 2.06. The molecule has 0 aliphatic rings. The number of hydrogen-bond acceptors (Lipinski definition) is 3. The fraction of sp³-hybridized carbons (Fsp3) is 0.400. The minimum atomic E-state index is -3.38. The Morgan fingerprint density at radius 3 is 1.63 bits per heavy atom. The first-order chi connectivity index (χ1) is 8.54. The van der Waals surface area contributed by atoms with Crippen LogP contribution < -0.4 is 4.80 Å². The molecule has 0 radical (unpaired) electrons. The van der Waals surface area contributed by atoms with Crippen LogP contribution in [0.1, 0.15) is 5.56 Å². The summed E-state index contributed by atoms with van der Waals surface area (Å²) in [5.41, 5.74) is 1.40. The lowest BCUT2D eigenvalue weighted by Gasteiger charge is -2.23. The van der Waals surface area contributed by atoms with Crippen LogP contribution in [0.25, 0.3) is 0 Å². The Bertz CT molecular complexity index is 359. The quantitative estimate of drug-likeness (QED) is 0.431. The van der Waals surface area contributed by atoms with E-state index in [0.717, 1.165) is 11.0 Å². The van der Waals surface area contributed by atoms with Gasteiger partial charge in [-0.2, -0.15) is 0 Å². The zero-order valence-corrected chi connectivity index (χ0v) is 13.1. The summed E-state index contributed by atoms with van der Waals surface area (Å²) in [5, 5.41) is 0. The minimum absolute atomic E-state index is 0.990.